The van der Waals surface area contributed by atoms with E-state index >= 15 is 0 Å². The molecular formula is C25H43FN2O3. The normalized spacial score (nSPS) is 29.7. The molecule has 1 unspecified atom stereocenters. The number of esters is 1. The topological polar surface area (TPSA) is 72.6 Å². The maximum atomic E-state index is 13.5. The molecule has 0 aliphatic heterocycles. The number of alkyl halides is 1. The van der Waals surface area contributed by atoms with Crippen molar-refractivity contribution in [2.45, 2.75) is 115 Å². The van der Waals surface area contributed by atoms with E-state index in [0.717, 1.165) is 62.8 Å². The smallest absolute Gasteiger partial charge is 0.340 e. The first-order chi connectivity index (χ1) is 14.9. The highest BCUT2D eigenvalue weighted by Crippen LogP contribution is 2.57. The van der Waals surface area contributed by atoms with Crippen LogP contribution in [0.25, 0.3) is 0 Å². The molecular weight excluding hydrogens is 395 g/mol. The van der Waals surface area contributed by atoms with Gasteiger partial charge in [-0.25, -0.2) is 14.0 Å². The number of rotatable bonds is 14. The van der Waals surface area contributed by atoms with Gasteiger partial charge in [0.25, 0.3) is 0 Å². The lowest BCUT2D eigenvalue weighted by molar-refractivity contribution is -0.149. The van der Waals surface area contributed by atoms with E-state index in [1.54, 1.807) is 6.92 Å². The SMILES string of the molecule is CCOC(=O)C(F)CCCCCCCCCCN(C(N)=O)C12CC3CC(CC(C3)C1)C2. The van der Waals surface area contributed by atoms with Crippen molar-refractivity contribution < 1.29 is 18.7 Å². The van der Waals surface area contributed by atoms with Crippen LogP contribution in [0.5, 0.6) is 0 Å². The van der Waals surface area contributed by atoms with Gasteiger partial charge in [-0.05, 0) is 82.5 Å². The van der Waals surface area contributed by atoms with Crippen LogP contribution < -0.4 is 5.73 Å². The fourth-order valence-electron chi connectivity index (χ4n) is 6.98. The third kappa shape index (κ3) is 6.58. The summed E-state index contributed by atoms with van der Waals surface area (Å²) in [6.07, 6.45) is 14.9. The zero-order chi connectivity index (χ0) is 22.3. The van der Waals surface area contributed by atoms with E-state index in [1.807, 2.05) is 0 Å². The Morgan fingerprint density at radius 3 is 1.90 bits per heavy atom. The second kappa shape index (κ2) is 11.5. The Morgan fingerprint density at radius 1 is 0.935 bits per heavy atom. The van der Waals surface area contributed by atoms with Crippen LogP contribution in [0.4, 0.5) is 9.18 Å². The number of amides is 2. The fourth-order valence-corrected chi connectivity index (χ4v) is 6.98. The second-order valence-corrected chi connectivity index (χ2v) is 10.5. The Hall–Kier alpha value is -1.33. The number of unbranched alkanes of at least 4 members (excludes halogenated alkanes) is 7. The minimum Gasteiger partial charge on any atom is -0.464 e. The van der Waals surface area contributed by atoms with Gasteiger partial charge in [0, 0.05) is 12.1 Å². The van der Waals surface area contributed by atoms with Crippen LogP contribution in [0.3, 0.4) is 0 Å². The zero-order valence-corrected chi connectivity index (χ0v) is 19.5. The van der Waals surface area contributed by atoms with Gasteiger partial charge in [0.2, 0.25) is 0 Å². The molecule has 6 heteroatoms. The highest BCUT2D eigenvalue weighted by Gasteiger charge is 2.54. The third-order valence-corrected chi connectivity index (χ3v) is 7.98. The van der Waals surface area contributed by atoms with Gasteiger partial charge in [-0.3, -0.25) is 0 Å². The standard InChI is InChI=1S/C25H43FN2O3/c1-2-31-23(29)22(26)11-9-7-5-3-4-6-8-10-12-28(24(27)30)25-16-19-13-20(17-25)15-21(14-19)18-25/h19-22H,2-18H2,1H3,(H2,27,30). The lowest BCUT2D eigenvalue weighted by Crippen LogP contribution is -2.62. The van der Waals surface area contributed by atoms with Crippen LogP contribution in [0.2, 0.25) is 0 Å². The Morgan fingerprint density at radius 2 is 1.42 bits per heavy atom. The van der Waals surface area contributed by atoms with E-state index < -0.39 is 12.1 Å². The summed E-state index contributed by atoms with van der Waals surface area (Å²) in [5, 5.41) is 0. The second-order valence-electron chi connectivity index (χ2n) is 10.5. The molecule has 0 aromatic rings. The van der Waals surface area contributed by atoms with Crippen LogP contribution in [0.15, 0.2) is 0 Å². The number of ether oxygens (including phenoxy) is 1. The maximum absolute atomic E-state index is 13.5. The highest BCUT2D eigenvalue weighted by molar-refractivity contribution is 5.74. The number of carbonyl (C=O) groups excluding carboxylic acids is 2. The number of nitrogens with two attached hydrogens (primary N) is 1. The first-order valence-electron chi connectivity index (χ1n) is 12.8. The van der Waals surface area contributed by atoms with E-state index in [-0.39, 0.29) is 24.6 Å². The number of urea groups is 1. The molecule has 4 rings (SSSR count). The van der Waals surface area contributed by atoms with Crippen molar-refractivity contribution in [2.75, 3.05) is 13.2 Å². The van der Waals surface area contributed by atoms with Gasteiger partial charge < -0.3 is 15.4 Å². The minimum atomic E-state index is -1.47. The average Bonchev–Trinajstić information content (AvgIpc) is 2.70. The van der Waals surface area contributed by atoms with Gasteiger partial charge >= 0.3 is 12.0 Å². The Bertz CT molecular complexity index is 562. The van der Waals surface area contributed by atoms with Gasteiger partial charge in [0.15, 0.2) is 6.17 Å². The molecule has 0 heterocycles. The molecule has 0 aromatic carbocycles. The summed E-state index contributed by atoms with van der Waals surface area (Å²) in [6.45, 7) is 2.74. The predicted molar refractivity (Wildman–Crippen MR) is 120 cm³/mol. The molecule has 4 bridgehead atoms. The van der Waals surface area contributed by atoms with E-state index in [9.17, 15) is 14.0 Å². The van der Waals surface area contributed by atoms with Crippen molar-refractivity contribution in [2.24, 2.45) is 23.5 Å². The van der Waals surface area contributed by atoms with Crippen molar-refractivity contribution in [3.63, 3.8) is 0 Å². The van der Waals surface area contributed by atoms with Crippen LogP contribution in [0, 0.1) is 17.8 Å². The Balaban J connectivity index is 1.25. The van der Waals surface area contributed by atoms with Crippen molar-refractivity contribution in [1.82, 2.24) is 4.90 Å². The number of hydrogen-bond acceptors (Lipinski definition) is 3. The summed E-state index contributed by atoms with van der Waals surface area (Å²) >= 11 is 0. The van der Waals surface area contributed by atoms with Crippen LogP contribution >= 0.6 is 0 Å². The summed E-state index contributed by atoms with van der Waals surface area (Å²) in [5.41, 5.74) is 5.92. The molecule has 4 aliphatic rings. The molecule has 31 heavy (non-hydrogen) atoms. The summed E-state index contributed by atoms with van der Waals surface area (Å²) in [7, 11) is 0. The number of halogens is 1. The monoisotopic (exact) mass is 438 g/mol. The molecule has 5 nitrogen and oxygen atoms in total. The predicted octanol–water partition coefficient (Wildman–Crippen LogP) is 5.75. The third-order valence-electron chi connectivity index (χ3n) is 7.98. The number of nitrogens with zero attached hydrogens (tertiary/aromatic N) is 1. The van der Waals surface area contributed by atoms with Crippen LogP contribution in [-0.2, 0) is 9.53 Å². The Kier molecular flexibility index (Phi) is 9.03. The highest BCUT2D eigenvalue weighted by atomic mass is 19.1. The fraction of sp³-hybridized carbons (Fsp3) is 0.920. The molecule has 1 atom stereocenters. The summed E-state index contributed by atoms with van der Waals surface area (Å²) in [5.74, 6) is 1.73. The van der Waals surface area contributed by atoms with Gasteiger partial charge in [-0.1, -0.05) is 38.5 Å². The molecule has 2 amide bonds. The molecule has 4 aliphatic carbocycles. The van der Waals surface area contributed by atoms with Crippen molar-refractivity contribution in [1.29, 1.82) is 0 Å². The number of primary amides is 1. The molecule has 2 N–H and O–H groups in total. The van der Waals surface area contributed by atoms with Crippen LogP contribution in [0.1, 0.15) is 103 Å². The molecule has 4 saturated carbocycles. The summed E-state index contributed by atoms with van der Waals surface area (Å²) in [6, 6.07) is -0.212. The zero-order valence-electron chi connectivity index (χ0n) is 19.5. The maximum Gasteiger partial charge on any atom is 0.340 e. The van der Waals surface area contributed by atoms with Gasteiger partial charge in [0.1, 0.15) is 0 Å². The molecule has 4 fully saturated rings. The molecule has 0 aromatic heterocycles. The Labute approximate surface area is 187 Å². The van der Waals surface area contributed by atoms with E-state index in [4.69, 9.17) is 5.73 Å². The van der Waals surface area contributed by atoms with E-state index in [1.165, 1.54) is 51.4 Å². The summed E-state index contributed by atoms with van der Waals surface area (Å²) in [4.78, 5) is 25.6. The summed E-state index contributed by atoms with van der Waals surface area (Å²) < 4.78 is 18.2. The molecule has 178 valence electrons. The lowest BCUT2D eigenvalue weighted by Gasteiger charge is -2.60. The van der Waals surface area contributed by atoms with Crippen molar-refractivity contribution in [3.8, 4) is 0 Å². The number of carbonyl (C=O) groups is 2. The molecule has 0 radical (unpaired) electrons. The first kappa shape index (κ1) is 24.3. The van der Waals surface area contributed by atoms with Crippen molar-refractivity contribution in [3.05, 3.63) is 0 Å². The molecule has 0 spiro atoms. The van der Waals surface area contributed by atoms with E-state index in [2.05, 4.69) is 9.64 Å². The van der Waals surface area contributed by atoms with E-state index in [0.29, 0.717) is 0 Å². The van der Waals surface area contributed by atoms with Gasteiger partial charge in [-0.2, -0.15) is 0 Å². The van der Waals surface area contributed by atoms with Crippen molar-refractivity contribution >= 4 is 12.0 Å². The minimum absolute atomic E-state index is 0.0679. The number of hydrogen-bond donors (Lipinski definition) is 1. The quantitative estimate of drug-likeness (QED) is 0.277. The molecule has 0 saturated heterocycles. The lowest BCUT2D eigenvalue weighted by atomic mass is 9.52. The average molecular weight is 439 g/mol. The first-order valence-corrected chi connectivity index (χ1v) is 12.8. The van der Waals surface area contributed by atoms with Gasteiger partial charge in [0.05, 0.1) is 6.61 Å². The van der Waals surface area contributed by atoms with Crippen LogP contribution in [-0.4, -0.2) is 41.8 Å². The van der Waals surface area contributed by atoms with Gasteiger partial charge in [-0.15, -0.1) is 0 Å². The largest absolute Gasteiger partial charge is 0.464 e.